The molecule has 0 atom stereocenters. The van der Waals surface area contributed by atoms with Gasteiger partial charge in [-0.05, 0) is 17.5 Å². The van der Waals surface area contributed by atoms with Crippen LogP contribution in [-0.4, -0.2) is 0 Å². The first-order valence-corrected chi connectivity index (χ1v) is 4.96. The van der Waals surface area contributed by atoms with E-state index >= 15 is 0 Å². The molecule has 2 aromatic rings. The van der Waals surface area contributed by atoms with Gasteiger partial charge in [0.25, 0.3) is 0 Å². The first kappa shape index (κ1) is 9.20. The highest BCUT2D eigenvalue weighted by Crippen LogP contribution is 2.33. The van der Waals surface area contributed by atoms with Crippen LogP contribution in [0.25, 0.3) is 10.8 Å². The third kappa shape index (κ3) is 1.52. The maximum atomic E-state index is 6.03. The first-order valence-electron chi connectivity index (χ1n) is 3.76. The van der Waals surface area contributed by atoms with Gasteiger partial charge >= 0.3 is 0 Å². The van der Waals surface area contributed by atoms with Crippen molar-refractivity contribution in [3.05, 3.63) is 40.4 Å². The molecule has 0 nitrogen and oxygen atoms in total. The molecule has 0 fully saturated rings. The van der Waals surface area contributed by atoms with E-state index in [-0.39, 0.29) is 0 Å². The van der Waals surface area contributed by atoms with E-state index in [1.165, 1.54) is 0 Å². The van der Waals surface area contributed by atoms with E-state index in [2.05, 4.69) is 12.6 Å². The molecule has 66 valence electrons. The largest absolute Gasteiger partial charge is 0.143 e. The molecule has 0 aliphatic rings. The lowest BCUT2D eigenvalue weighted by Gasteiger charge is -2.03. The lowest BCUT2D eigenvalue weighted by molar-refractivity contribution is 1.56. The van der Waals surface area contributed by atoms with Crippen LogP contribution < -0.4 is 0 Å². The zero-order valence-electron chi connectivity index (χ0n) is 6.59. The average molecular weight is 229 g/mol. The Kier molecular flexibility index (Phi) is 2.41. The molecule has 2 aromatic carbocycles. The van der Waals surface area contributed by atoms with Crippen LogP contribution in [0.3, 0.4) is 0 Å². The highest BCUT2D eigenvalue weighted by atomic mass is 35.5. The van der Waals surface area contributed by atoms with Gasteiger partial charge in [0.15, 0.2) is 0 Å². The van der Waals surface area contributed by atoms with Crippen LogP contribution in [0, 0.1) is 0 Å². The Morgan fingerprint density at radius 1 is 0.923 bits per heavy atom. The lowest BCUT2D eigenvalue weighted by atomic mass is 10.1. The fraction of sp³-hybridized carbons (Fsp3) is 0. The molecule has 3 heteroatoms. The Morgan fingerprint density at radius 3 is 2.46 bits per heavy atom. The average Bonchev–Trinajstić information content (AvgIpc) is 2.12. The molecule has 0 spiro atoms. The molecule has 0 amide bonds. The van der Waals surface area contributed by atoms with Crippen LogP contribution in [0.1, 0.15) is 0 Å². The van der Waals surface area contributed by atoms with Crippen LogP contribution in [0.4, 0.5) is 0 Å². The van der Waals surface area contributed by atoms with Gasteiger partial charge in [-0.15, -0.1) is 12.6 Å². The van der Waals surface area contributed by atoms with Gasteiger partial charge in [-0.2, -0.15) is 0 Å². The highest BCUT2D eigenvalue weighted by molar-refractivity contribution is 7.80. The van der Waals surface area contributed by atoms with Crippen molar-refractivity contribution in [2.45, 2.75) is 4.90 Å². The van der Waals surface area contributed by atoms with Crippen molar-refractivity contribution in [3.8, 4) is 0 Å². The number of fused-ring (bicyclic) bond motifs is 1. The minimum absolute atomic E-state index is 0.577. The van der Waals surface area contributed by atoms with Crippen molar-refractivity contribution in [1.82, 2.24) is 0 Å². The van der Waals surface area contributed by atoms with Gasteiger partial charge in [0.1, 0.15) is 0 Å². The Balaban J connectivity index is 2.94. The summed E-state index contributed by atoms with van der Waals surface area (Å²) in [6.07, 6.45) is 0. The van der Waals surface area contributed by atoms with Crippen molar-refractivity contribution in [3.63, 3.8) is 0 Å². The number of hydrogen-bond donors (Lipinski definition) is 1. The molecule has 0 radical (unpaired) electrons. The second-order valence-electron chi connectivity index (χ2n) is 2.73. The number of thiol groups is 1. The molecule has 0 saturated heterocycles. The number of halogens is 2. The fourth-order valence-corrected chi connectivity index (χ4v) is 1.95. The molecule has 0 saturated carbocycles. The van der Waals surface area contributed by atoms with E-state index in [9.17, 15) is 0 Å². The van der Waals surface area contributed by atoms with E-state index in [1.807, 2.05) is 24.3 Å². The zero-order chi connectivity index (χ0) is 9.42. The van der Waals surface area contributed by atoms with Crippen LogP contribution in [-0.2, 0) is 0 Å². The predicted octanol–water partition coefficient (Wildman–Crippen LogP) is 4.44. The van der Waals surface area contributed by atoms with Gasteiger partial charge in [0.05, 0.1) is 10.0 Å². The summed E-state index contributed by atoms with van der Waals surface area (Å²) in [5, 5.41) is 3.14. The molecule has 0 heterocycles. The summed E-state index contributed by atoms with van der Waals surface area (Å²) in [5.74, 6) is 0. The van der Waals surface area contributed by atoms with E-state index in [1.54, 1.807) is 6.07 Å². The molecular formula is C10H6Cl2S. The van der Waals surface area contributed by atoms with Crippen molar-refractivity contribution < 1.29 is 0 Å². The Morgan fingerprint density at radius 2 is 1.69 bits per heavy atom. The summed E-state index contributed by atoms with van der Waals surface area (Å²) in [6, 6.07) is 9.48. The molecule has 0 aliphatic carbocycles. The molecule has 0 N–H and O–H groups in total. The van der Waals surface area contributed by atoms with Gasteiger partial charge in [0.2, 0.25) is 0 Å². The van der Waals surface area contributed by atoms with Gasteiger partial charge < -0.3 is 0 Å². The topological polar surface area (TPSA) is 0 Å². The Labute approximate surface area is 91.9 Å². The summed E-state index contributed by atoms with van der Waals surface area (Å²) in [4.78, 5) is 0.913. The molecule has 0 aliphatic heterocycles. The predicted molar refractivity (Wildman–Crippen MR) is 61.2 cm³/mol. The van der Waals surface area contributed by atoms with Crippen molar-refractivity contribution >= 4 is 46.6 Å². The first-order chi connectivity index (χ1) is 6.20. The van der Waals surface area contributed by atoms with Gasteiger partial charge in [-0.3, -0.25) is 0 Å². The van der Waals surface area contributed by atoms with Gasteiger partial charge in [-0.1, -0.05) is 41.4 Å². The monoisotopic (exact) mass is 228 g/mol. The van der Waals surface area contributed by atoms with Crippen molar-refractivity contribution in [1.29, 1.82) is 0 Å². The third-order valence-corrected chi connectivity index (χ3v) is 3.13. The maximum Gasteiger partial charge on any atom is 0.0671 e. The number of rotatable bonds is 0. The quantitative estimate of drug-likeness (QED) is 0.634. The minimum atomic E-state index is 0.577. The van der Waals surface area contributed by atoms with Gasteiger partial charge in [-0.25, -0.2) is 0 Å². The van der Waals surface area contributed by atoms with Gasteiger partial charge in [0, 0.05) is 10.3 Å². The lowest BCUT2D eigenvalue weighted by Crippen LogP contribution is -1.77. The smallest absolute Gasteiger partial charge is 0.0671 e. The second-order valence-corrected chi connectivity index (χ2v) is 4.00. The second kappa shape index (κ2) is 3.41. The normalized spacial score (nSPS) is 10.7. The summed E-state index contributed by atoms with van der Waals surface area (Å²) in [7, 11) is 0. The van der Waals surface area contributed by atoms with E-state index in [0.717, 1.165) is 15.7 Å². The van der Waals surface area contributed by atoms with Crippen molar-refractivity contribution in [2.24, 2.45) is 0 Å². The number of hydrogen-bond acceptors (Lipinski definition) is 1. The van der Waals surface area contributed by atoms with Crippen LogP contribution in [0.2, 0.25) is 10.0 Å². The van der Waals surface area contributed by atoms with Crippen molar-refractivity contribution in [2.75, 3.05) is 0 Å². The van der Waals surface area contributed by atoms with Crippen LogP contribution in [0.15, 0.2) is 35.2 Å². The van der Waals surface area contributed by atoms with E-state index < -0.39 is 0 Å². The molecular weight excluding hydrogens is 223 g/mol. The molecule has 13 heavy (non-hydrogen) atoms. The maximum absolute atomic E-state index is 6.03. The summed E-state index contributed by atoms with van der Waals surface area (Å²) in [5.41, 5.74) is 0. The summed E-state index contributed by atoms with van der Waals surface area (Å²) in [6.45, 7) is 0. The minimum Gasteiger partial charge on any atom is -0.143 e. The van der Waals surface area contributed by atoms with E-state index in [0.29, 0.717) is 10.0 Å². The fourth-order valence-electron chi connectivity index (χ4n) is 1.28. The zero-order valence-corrected chi connectivity index (χ0v) is 9.00. The number of benzene rings is 2. The molecule has 0 aromatic heterocycles. The van der Waals surface area contributed by atoms with E-state index in [4.69, 9.17) is 23.2 Å². The Bertz CT molecular complexity index is 466. The SMILES string of the molecule is Sc1cccc2c(Cl)c(Cl)ccc12. The third-order valence-electron chi connectivity index (χ3n) is 1.93. The van der Waals surface area contributed by atoms with Crippen LogP contribution >= 0.6 is 35.8 Å². The molecule has 0 unspecified atom stereocenters. The molecule has 0 bridgehead atoms. The highest BCUT2D eigenvalue weighted by Gasteiger charge is 2.04. The molecule has 2 rings (SSSR count). The van der Waals surface area contributed by atoms with Crippen LogP contribution in [0.5, 0.6) is 0 Å². The Hall–Kier alpha value is -0.370. The standard InChI is InChI=1S/C10H6Cl2S/c11-8-5-4-6-7(10(8)12)2-1-3-9(6)13/h1-5,13H. The summed E-state index contributed by atoms with van der Waals surface area (Å²) >= 11 is 16.2. The summed E-state index contributed by atoms with van der Waals surface area (Å²) < 4.78 is 0.